The number of nitrogens with one attached hydrogen (secondary N) is 1. The quantitative estimate of drug-likeness (QED) is 0.208. The molecule has 47 heavy (non-hydrogen) atoms. The van der Waals surface area contributed by atoms with E-state index in [0.717, 1.165) is 19.4 Å². The third kappa shape index (κ3) is 9.05. The highest BCUT2D eigenvalue weighted by atomic mass is 16.7. The molecule has 0 radical (unpaired) electrons. The third-order valence-electron chi connectivity index (χ3n) is 11.5. The van der Waals surface area contributed by atoms with E-state index in [1.165, 1.54) is 14.0 Å². The lowest BCUT2D eigenvalue weighted by Gasteiger charge is -2.47. The highest BCUT2D eigenvalue weighted by Gasteiger charge is 2.51. The predicted molar refractivity (Wildman–Crippen MR) is 178 cm³/mol. The smallest absolute Gasteiger partial charge is 0.311 e. The summed E-state index contributed by atoms with van der Waals surface area (Å²) in [5, 5.41) is 54.2. The lowest BCUT2D eigenvalue weighted by molar-refractivity contribution is -0.298. The van der Waals surface area contributed by atoms with Gasteiger partial charge in [0, 0.05) is 31.9 Å². The van der Waals surface area contributed by atoms with E-state index in [1.54, 1.807) is 41.5 Å². The molecule has 12 heteroatoms. The van der Waals surface area contributed by atoms with Crippen LogP contribution in [0.2, 0.25) is 0 Å². The van der Waals surface area contributed by atoms with Crippen LogP contribution in [0, 0.1) is 29.6 Å². The Hall–Kier alpha value is -1.38. The highest BCUT2D eigenvalue weighted by molar-refractivity contribution is 5.88. The van der Waals surface area contributed by atoms with Gasteiger partial charge in [-0.25, -0.2) is 0 Å². The van der Waals surface area contributed by atoms with Crippen molar-refractivity contribution in [2.24, 2.45) is 34.7 Å². The summed E-state index contributed by atoms with van der Waals surface area (Å²) < 4.78 is 24.3. The fourth-order valence-corrected chi connectivity index (χ4v) is 7.75. The zero-order valence-corrected chi connectivity index (χ0v) is 30.6. The molecule has 0 spiro atoms. The second-order valence-corrected chi connectivity index (χ2v) is 15.3. The fourth-order valence-electron chi connectivity index (χ4n) is 7.75. The molecule has 12 nitrogen and oxygen atoms in total. The number of carbonyl (C=O) groups excluding carboxylic acids is 1. The van der Waals surface area contributed by atoms with Crippen LogP contribution in [-0.2, 0) is 28.6 Å². The minimum atomic E-state index is -1.84. The van der Waals surface area contributed by atoms with Gasteiger partial charge in [0.1, 0.15) is 23.9 Å². The molecular weight excluding hydrogens is 608 g/mol. The Morgan fingerprint density at radius 2 is 1.66 bits per heavy atom. The molecular formula is C35H64N2O10. The number of ether oxygens (including phenoxy) is 4. The molecule has 0 bridgehead atoms. The number of aliphatic hydroxyl groups is 4. The lowest BCUT2D eigenvalue weighted by Crippen LogP contribution is -2.58. The van der Waals surface area contributed by atoms with Gasteiger partial charge in [0.2, 0.25) is 0 Å². The lowest BCUT2D eigenvalue weighted by atomic mass is 9.70. The first-order chi connectivity index (χ1) is 21.8. The first-order valence-corrected chi connectivity index (χ1v) is 17.6. The Kier molecular flexibility index (Phi) is 13.7. The second-order valence-electron chi connectivity index (χ2n) is 15.3. The van der Waals surface area contributed by atoms with Gasteiger partial charge in [0.05, 0.1) is 41.1 Å². The van der Waals surface area contributed by atoms with Gasteiger partial charge in [-0.2, -0.15) is 0 Å². The van der Waals surface area contributed by atoms with Crippen LogP contribution in [-0.4, -0.2) is 112 Å². The van der Waals surface area contributed by atoms with Crippen molar-refractivity contribution >= 4 is 11.7 Å². The van der Waals surface area contributed by atoms with Crippen molar-refractivity contribution in [3.05, 3.63) is 0 Å². The van der Waals surface area contributed by atoms with Gasteiger partial charge in [-0.3, -0.25) is 4.79 Å². The van der Waals surface area contributed by atoms with Crippen LogP contribution in [0.1, 0.15) is 101 Å². The van der Waals surface area contributed by atoms with Crippen molar-refractivity contribution in [2.45, 2.75) is 161 Å². The van der Waals surface area contributed by atoms with Crippen LogP contribution in [0.5, 0.6) is 0 Å². The minimum Gasteiger partial charge on any atom is -0.459 e. The van der Waals surface area contributed by atoms with Crippen LogP contribution in [0.3, 0.4) is 0 Å². The number of oxime groups is 1. The Morgan fingerprint density at radius 3 is 2.23 bits per heavy atom. The zero-order valence-electron chi connectivity index (χ0n) is 30.6. The Balaban J connectivity index is 2.04. The van der Waals surface area contributed by atoms with Crippen molar-refractivity contribution in [3.8, 4) is 0 Å². The van der Waals surface area contributed by atoms with Gasteiger partial charge in [-0.1, -0.05) is 39.8 Å². The Bertz CT molecular complexity index is 1050. The number of hydrogen-bond donors (Lipinski definition) is 5. The van der Waals surface area contributed by atoms with Gasteiger partial charge < -0.3 is 49.5 Å². The molecule has 5 N–H and O–H groups in total. The number of rotatable bonds is 6. The summed E-state index contributed by atoms with van der Waals surface area (Å²) in [4.78, 5) is 19.9. The van der Waals surface area contributed by atoms with Crippen LogP contribution >= 0.6 is 0 Å². The molecule has 274 valence electrons. The Labute approximate surface area is 281 Å². The normalized spacial score (nSPS) is 48.8. The molecule has 3 rings (SSSR count). The van der Waals surface area contributed by atoms with Crippen LogP contribution in [0.15, 0.2) is 5.16 Å². The number of aliphatic hydroxyl groups excluding tert-OH is 2. The maximum atomic E-state index is 13.9. The standard InChI is InChI=1S/C35H64N2O10/c1-12-26-35(10,42)30(38)21(4)28(37-47-25-14-13-15-36-18-25)19(2)16-33(8,41)23(6)20(3)29(22(5)32(40)45-26)46-27-17-34(9,43-11)31(39)24(7)44-27/h19-27,29-31,36,38-39,41-42H,12-18H2,1-11H3/t19-,20-,21+,22-,23-,24+,25?,26-,27+,29+,30+,31+,33-,34-,35-/m1/s1. The van der Waals surface area contributed by atoms with E-state index in [4.69, 9.17) is 23.8 Å². The maximum Gasteiger partial charge on any atom is 0.311 e. The zero-order chi connectivity index (χ0) is 35.5. The highest BCUT2D eigenvalue weighted by Crippen LogP contribution is 2.40. The fraction of sp³-hybridized carbons (Fsp3) is 0.943. The number of methoxy groups -OCH3 is 1. The number of carbonyl (C=O) groups is 1. The van der Waals surface area contributed by atoms with Gasteiger partial charge in [-0.05, 0) is 78.7 Å². The minimum absolute atomic E-state index is 0.129. The summed E-state index contributed by atoms with van der Waals surface area (Å²) in [6, 6.07) is 0. The van der Waals surface area contributed by atoms with E-state index in [9.17, 15) is 25.2 Å². The number of piperidine rings is 1. The third-order valence-corrected chi connectivity index (χ3v) is 11.5. The van der Waals surface area contributed by atoms with E-state index < -0.39 is 71.4 Å². The van der Waals surface area contributed by atoms with E-state index in [2.05, 4.69) is 10.5 Å². The number of hydrogen-bond acceptors (Lipinski definition) is 12. The van der Waals surface area contributed by atoms with E-state index in [-0.39, 0.29) is 43.1 Å². The molecule has 0 amide bonds. The maximum absolute atomic E-state index is 13.9. The van der Waals surface area contributed by atoms with Crippen molar-refractivity contribution in [1.29, 1.82) is 0 Å². The van der Waals surface area contributed by atoms with Crippen LogP contribution in [0.25, 0.3) is 0 Å². The molecule has 3 fully saturated rings. The monoisotopic (exact) mass is 672 g/mol. The van der Waals surface area contributed by atoms with Gasteiger partial charge in [-0.15, -0.1) is 0 Å². The molecule has 1 unspecified atom stereocenters. The first-order valence-electron chi connectivity index (χ1n) is 17.6. The van der Waals surface area contributed by atoms with Crippen LogP contribution < -0.4 is 5.32 Å². The number of nitrogens with zero attached hydrogens (tertiary/aromatic N) is 1. The average Bonchev–Trinajstić information content (AvgIpc) is 3.03. The van der Waals surface area contributed by atoms with Crippen molar-refractivity contribution in [3.63, 3.8) is 0 Å². The summed E-state index contributed by atoms with van der Waals surface area (Å²) in [5.41, 5.74) is -3.52. The summed E-state index contributed by atoms with van der Waals surface area (Å²) in [6.45, 7) is 19.5. The van der Waals surface area contributed by atoms with Gasteiger partial charge in [0.15, 0.2) is 6.29 Å². The largest absolute Gasteiger partial charge is 0.459 e. The van der Waals surface area contributed by atoms with E-state index in [0.29, 0.717) is 12.3 Å². The average molecular weight is 673 g/mol. The van der Waals surface area contributed by atoms with Crippen molar-refractivity contribution < 1.29 is 49.0 Å². The molecule has 0 aromatic carbocycles. The van der Waals surface area contributed by atoms with Crippen molar-refractivity contribution in [1.82, 2.24) is 5.32 Å². The molecule has 0 aliphatic carbocycles. The molecule has 0 aromatic heterocycles. The molecule has 3 aliphatic rings. The molecule has 0 aromatic rings. The second kappa shape index (κ2) is 16.1. The van der Waals surface area contributed by atoms with Gasteiger partial charge >= 0.3 is 5.97 Å². The molecule has 0 saturated carbocycles. The van der Waals surface area contributed by atoms with Crippen molar-refractivity contribution in [2.75, 3.05) is 20.2 Å². The van der Waals surface area contributed by atoms with E-state index in [1.807, 2.05) is 20.8 Å². The number of cyclic esters (lactones) is 1. The molecule has 3 saturated heterocycles. The summed E-state index contributed by atoms with van der Waals surface area (Å²) in [5.74, 6) is -3.23. The first kappa shape index (κ1) is 40.1. The summed E-state index contributed by atoms with van der Waals surface area (Å²) >= 11 is 0. The van der Waals surface area contributed by atoms with Crippen LogP contribution in [0.4, 0.5) is 0 Å². The SMILES string of the molecule is CC[C@H]1OC(=O)[C@H](C)[C@@H](O[C@H]2C[C@@](C)(OC)[C@@H](O)[C@H](C)O2)[C@H](C)[C@@H](C)[C@](C)(O)C[C@@H](C)C(=NOC2CCCNC2)[C@H](C)[C@H](O)[C@]1(C)O. The topological polar surface area (TPSA) is 169 Å². The molecule has 15 atom stereocenters. The van der Waals surface area contributed by atoms with Gasteiger partial charge in [0.25, 0.3) is 0 Å². The summed E-state index contributed by atoms with van der Waals surface area (Å²) in [6.07, 6.45) is -3.05. The Morgan fingerprint density at radius 1 is 1.00 bits per heavy atom. The summed E-state index contributed by atoms with van der Waals surface area (Å²) in [7, 11) is 1.53. The molecule has 3 aliphatic heterocycles. The predicted octanol–water partition coefficient (Wildman–Crippen LogP) is 3.17. The number of esters is 1. The molecule has 3 heterocycles. The van der Waals surface area contributed by atoms with E-state index >= 15 is 0 Å².